The van der Waals surface area contributed by atoms with Crippen LogP contribution in [0.3, 0.4) is 0 Å². The molecule has 4 nitrogen and oxygen atoms in total. The highest BCUT2D eigenvalue weighted by molar-refractivity contribution is 5.51. The Morgan fingerprint density at radius 1 is 1.17 bits per heavy atom. The molecule has 0 atom stereocenters. The monoisotopic (exact) mass is 160 g/mol. The molecule has 0 aliphatic heterocycles. The van der Waals surface area contributed by atoms with Crippen LogP contribution in [0.2, 0.25) is 0 Å². The zero-order valence-electron chi connectivity index (χ0n) is 6.65. The normalized spacial score (nSPS) is 10.1. The highest BCUT2D eigenvalue weighted by Crippen LogP contribution is 2.12. The molecular weight excluding hydrogens is 152 g/mol. The molecule has 0 saturated heterocycles. The Kier molecular flexibility index (Phi) is 1.59. The summed E-state index contributed by atoms with van der Waals surface area (Å²) in [6, 6.07) is 1.78. The van der Waals surface area contributed by atoms with Crippen molar-refractivity contribution >= 4 is 0 Å². The SMILES string of the molecule is Cc1[nH]cnc1-c1ncccn1. The second kappa shape index (κ2) is 2.73. The third-order valence-corrected chi connectivity index (χ3v) is 1.61. The van der Waals surface area contributed by atoms with E-state index in [1.54, 1.807) is 24.8 Å². The number of hydrogen-bond acceptors (Lipinski definition) is 3. The van der Waals surface area contributed by atoms with Crippen molar-refractivity contribution in [3.05, 3.63) is 30.5 Å². The third-order valence-electron chi connectivity index (χ3n) is 1.61. The lowest BCUT2D eigenvalue weighted by Crippen LogP contribution is -1.88. The maximum absolute atomic E-state index is 4.11. The maximum Gasteiger partial charge on any atom is 0.179 e. The van der Waals surface area contributed by atoms with E-state index in [-0.39, 0.29) is 0 Å². The second-order valence-corrected chi connectivity index (χ2v) is 2.45. The Bertz CT molecular complexity index is 366. The van der Waals surface area contributed by atoms with Crippen LogP contribution in [-0.4, -0.2) is 19.9 Å². The fourth-order valence-corrected chi connectivity index (χ4v) is 1.01. The molecule has 2 aromatic heterocycles. The predicted octanol–water partition coefficient (Wildman–Crippen LogP) is 1.18. The lowest BCUT2D eigenvalue weighted by Gasteiger charge is -1.93. The molecule has 0 bridgehead atoms. The second-order valence-electron chi connectivity index (χ2n) is 2.45. The Hall–Kier alpha value is -1.71. The molecule has 2 aromatic rings. The number of nitrogens with zero attached hydrogens (tertiary/aromatic N) is 3. The van der Waals surface area contributed by atoms with Gasteiger partial charge in [-0.3, -0.25) is 0 Å². The van der Waals surface area contributed by atoms with Gasteiger partial charge in [-0.1, -0.05) is 0 Å². The van der Waals surface area contributed by atoms with Gasteiger partial charge in [-0.15, -0.1) is 0 Å². The Balaban J connectivity index is 2.51. The van der Waals surface area contributed by atoms with Crippen LogP contribution in [0.15, 0.2) is 24.8 Å². The summed E-state index contributed by atoms with van der Waals surface area (Å²) in [6.07, 6.45) is 5.05. The molecule has 0 aromatic carbocycles. The van der Waals surface area contributed by atoms with Crippen LogP contribution in [0.25, 0.3) is 11.5 Å². The van der Waals surface area contributed by atoms with Gasteiger partial charge in [0.1, 0.15) is 5.69 Å². The quantitative estimate of drug-likeness (QED) is 0.681. The van der Waals surface area contributed by atoms with Crippen molar-refractivity contribution in [2.45, 2.75) is 6.92 Å². The van der Waals surface area contributed by atoms with E-state index in [0.717, 1.165) is 11.4 Å². The summed E-state index contributed by atoms with van der Waals surface area (Å²) in [6.45, 7) is 1.94. The van der Waals surface area contributed by atoms with E-state index in [0.29, 0.717) is 5.82 Å². The van der Waals surface area contributed by atoms with Gasteiger partial charge in [0.25, 0.3) is 0 Å². The number of imidazole rings is 1. The molecular formula is C8H8N4. The lowest BCUT2D eigenvalue weighted by atomic mass is 10.3. The zero-order valence-corrected chi connectivity index (χ0v) is 6.65. The Labute approximate surface area is 69.7 Å². The first-order valence-corrected chi connectivity index (χ1v) is 3.65. The highest BCUT2D eigenvalue weighted by atomic mass is 15.0. The standard InChI is InChI=1S/C8H8N4/c1-6-7(12-5-11-6)8-9-3-2-4-10-8/h2-5H,1H3,(H,11,12). The molecule has 2 rings (SSSR count). The number of aromatic amines is 1. The maximum atomic E-state index is 4.11. The van der Waals surface area contributed by atoms with Crippen molar-refractivity contribution in [3.63, 3.8) is 0 Å². The molecule has 12 heavy (non-hydrogen) atoms. The predicted molar refractivity (Wildman–Crippen MR) is 44.4 cm³/mol. The van der Waals surface area contributed by atoms with Crippen LogP contribution >= 0.6 is 0 Å². The Morgan fingerprint density at radius 3 is 2.50 bits per heavy atom. The van der Waals surface area contributed by atoms with E-state index < -0.39 is 0 Å². The summed E-state index contributed by atoms with van der Waals surface area (Å²) in [7, 11) is 0. The molecule has 0 spiro atoms. The molecule has 4 heteroatoms. The van der Waals surface area contributed by atoms with Gasteiger partial charge in [0.05, 0.1) is 6.33 Å². The van der Waals surface area contributed by atoms with Crippen molar-refractivity contribution in [2.24, 2.45) is 0 Å². The molecule has 0 unspecified atom stereocenters. The molecule has 0 saturated carbocycles. The average Bonchev–Trinajstić information content (AvgIpc) is 2.53. The lowest BCUT2D eigenvalue weighted by molar-refractivity contribution is 1.14. The van der Waals surface area contributed by atoms with Crippen LogP contribution < -0.4 is 0 Å². The first-order chi connectivity index (χ1) is 5.88. The summed E-state index contributed by atoms with van der Waals surface area (Å²) >= 11 is 0. The van der Waals surface area contributed by atoms with Gasteiger partial charge >= 0.3 is 0 Å². The molecule has 2 heterocycles. The zero-order chi connectivity index (χ0) is 8.39. The van der Waals surface area contributed by atoms with Crippen molar-refractivity contribution in [2.75, 3.05) is 0 Å². The van der Waals surface area contributed by atoms with Gasteiger partial charge in [0.2, 0.25) is 0 Å². The van der Waals surface area contributed by atoms with E-state index in [1.165, 1.54) is 0 Å². The topological polar surface area (TPSA) is 54.5 Å². The van der Waals surface area contributed by atoms with Crippen molar-refractivity contribution < 1.29 is 0 Å². The summed E-state index contributed by atoms with van der Waals surface area (Å²) in [5.41, 5.74) is 1.80. The fourth-order valence-electron chi connectivity index (χ4n) is 1.01. The Morgan fingerprint density at radius 2 is 1.92 bits per heavy atom. The van der Waals surface area contributed by atoms with Crippen LogP contribution in [0.4, 0.5) is 0 Å². The minimum absolute atomic E-state index is 0.663. The summed E-state index contributed by atoms with van der Waals surface area (Å²) in [5.74, 6) is 0.663. The van der Waals surface area contributed by atoms with E-state index in [9.17, 15) is 0 Å². The molecule has 0 radical (unpaired) electrons. The largest absolute Gasteiger partial charge is 0.348 e. The van der Waals surface area contributed by atoms with E-state index in [2.05, 4.69) is 19.9 Å². The number of aromatic nitrogens is 4. The van der Waals surface area contributed by atoms with Gasteiger partial charge in [0.15, 0.2) is 5.82 Å². The van der Waals surface area contributed by atoms with Crippen molar-refractivity contribution in [3.8, 4) is 11.5 Å². The van der Waals surface area contributed by atoms with Crippen molar-refractivity contribution in [1.29, 1.82) is 0 Å². The van der Waals surface area contributed by atoms with E-state index >= 15 is 0 Å². The van der Waals surface area contributed by atoms with Gasteiger partial charge in [-0.25, -0.2) is 15.0 Å². The highest BCUT2D eigenvalue weighted by Gasteiger charge is 2.04. The first-order valence-electron chi connectivity index (χ1n) is 3.65. The summed E-state index contributed by atoms with van der Waals surface area (Å²) in [5, 5.41) is 0. The third kappa shape index (κ3) is 1.07. The minimum Gasteiger partial charge on any atom is -0.348 e. The van der Waals surface area contributed by atoms with Gasteiger partial charge in [0, 0.05) is 18.1 Å². The molecule has 0 aliphatic carbocycles. The molecule has 0 amide bonds. The number of hydrogen-bond donors (Lipinski definition) is 1. The van der Waals surface area contributed by atoms with E-state index in [4.69, 9.17) is 0 Å². The molecule has 60 valence electrons. The van der Waals surface area contributed by atoms with Crippen molar-refractivity contribution in [1.82, 2.24) is 19.9 Å². The van der Waals surface area contributed by atoms with Gasteiger partial charge in [-0.05, 0) is 13.0 Å². The number of H-pyrrole nitrogens is 1. The summed E-state index contributed by atoms with van der Waals surface area (Å²) in [4.78, 5) is 15.3. The first kappa shape index (κ1) is 6.97. The number of rotatable bonds is 1. The molecule has 0 fully saturated rings. The summed E-state index contributed by atoms with van der Waals surface area (Å²) < 4.78 is 0. The number of aryl methyl sites for hydroxylation is 1. The fraction of sp³-hybridized carbons (Fsp3) is 0.125. The molecule has 0 aliphatic rings. The van der Waals surface area contributed by atoms with Crippen LogP contribution in [0, 0.1) is 6.92 Å². The number of nitrogens with one attached hydrogen (secondary N) is 1. The van der Waals surface area contributed by atoms with Crippen LogP contribution in [-0.2, 0) is 0 Å². The smallest absolute Gasteiger partial charge is 0.179 e. The van der Waals surface area contributed by atoms with E-state index in [1.807, 2.05) is 6.92 Å². The minimum atomic E-state index is 0.663. The van der Waals surface area contributed by atoms with Gasteiger partial charge in [-0.2, -0.15) is 0 Å². The van der Waals surface area contributed by atoms with Gasteiger partial charge < -0.3 is 4.98 Å². The van der Waals surface area contributed by atoms with Crippen LogP contribution in [0.5, 0.6) is 0 Å². The van der Waals surface area contributed by atoms with Crippen LogP contribution in [0.1, 0.15) is 5.69 Å². The average molecular weight is 160 g/mol. The molecule has 1 N–H and O–H groups in total.